The first kappa shape index (κ1) is 20.8. The number of aromatic nitrogens is 2. The quantitative estimate of drug-likeness (QED) is 0.359. The minimum absolute atomic E-state index is 0.194. The molecule has 0 unspecified atom stereocenters. The van der Waals surface area contributed by atoms with Crippen LogP contribution in [0, 0.1) is 11.6 Å². The molecular formula is C27H27F2N3. The van der Waals surface area contributed by atoms with Gasteiger partial charge in [-0.15, -0.1) is 0 Å². The van der Waals surface area contributed by atoms with E-state index < -0.39 is 0 Å². The Hall–Kier alpha value is -3.05. The van der Waals surface area contributed by atoms with Crippen molar-refractivity contribution in [3.8, 4) is 0 Å². The van der Waals surface area contributed by atoms with E-state index in [2.05, 4.69) is 34.7 Å². The third-order valence-corrected chi connectivity index (χ3v) is 6.52. The van der Waals surface area contributed by atoms with Crippen LogP contribution in [0.4, 0.5) is 8.78 Å². The molecule has 0 radical (unpaired) electrons. The van der Waals surface area contributed by atoms with Crippen molar-refractivity contribution in [3.63, 3.8) is 0 Å². The van der Waals surface area contributed by atoms with E-state index in [1.54, 1.807) is 12.1 Å². The third-order valence-electron chi connectivity index (χ3n) is 6.52. The molecule has 0 aliphatic carbocycles. The molecule has 4 aromatic rings. The lowest BCUT2D eigenvalue weighted by Gasteiger charge is -2.24. The van der Waals surface area contributed by atoms with Crippen LogP contribution in [0.3, 0.4) is 0 Å². The van der Waals surface area contributed by atoms with Crippen molar-refractivity contribution >= 4 is 10.9 Å². The number of nitrogens with zero attached hydrogens (tertiary/aromatic N) is 3. The Bertz CT molecular complexity index is 1210. The number of rotatable bonds is 6. The van der Waals surface area contributed by atoms with Crippen LogP contribution >= 0.6 is 0 Å². The fraction of sp³-hybridized carbons (Fsp3) is 0.296. The minimum atomic E-state index is -0.212. The van der Waals surface area contributed by atoms with Gasteiger partial charge in [0.05, 0.1) is 17.3 Å². The largest absolute Gasteiger partial charge is 0.347 e. The predicted molar refractivity (Wildman–Crippen MR) is 123 cm³/mol. The SMILES string of the molecule is CCn1cc(CN2CCC[C@H]2c2ccc(Cc3ccc(F)cc3)cn2)c2ccc(F)cc21. The van der Waals surface area contributed by atoms with E-state index in [1.165, 1.54) is 17.7 Å². The second kappa shape index (κ2) is 8.83. The molecule has 164 valence electrons. The summed E-state index contributed by atoms with van der Waals surface area (Å²) in [6, 6.07) is 16.3. The van der Waals surface area contributed by atoms with E-state index in [4.69, 9.17) is 4.98 Å². The number of halogens is 2. The summed E-state index contributed by atoms with van der Waals surface area (Å²) in [5, 5.41) is 1.13. The highest BCUT2D eigenvalue weighted by molar-refractivity contribution is 5.84. The second-order valence-electron chi connectivity index (χ2n) is 8.62. The first-order valence-electron chi connectivity index (χ1n) is 11.3. The predicted octanol–water partition coefficient (Wildman–Crippen LogP) is 6.26. The lowest BCUT2D eigenvalue weighted by molar-refractivity contribution is 0.245. The number of pyridine rings is 1. The molecule has 1 saturated heterocycles. The Labute approximate surface area is 187 Å². The highest BCUT2D eigenvalue weighted by Gasteiger charge is 2.28. The zero-order valence-corrected chi connectivity index (χ0v) is 18.3. The molecule has 2 aromatic carbocycles. The van der Waals surface area contributed by atoms with E-state index in [-0.39, 0.29) is 17.7 Å². The molecule has 3 heterocycles. The molecule has 32 heavy (non-hydrogen) atoms. The van der Waals surface area contributed by atoms with E-state index >= 15 is 0 Å². The molecule has 1 fully saturated rings. The Morgan fingerprint density at radius 1 is 0.969 bits per heavy atom. The summed E-state index contributed by atoms with van der Waals surface area (Å²) in [5.41, 5.74) is 5.49. The number of hydrogen-bond donors (Lipinski definition) is 0. The average molecular weight is 432 g/mol. The molecule has 1 aliphatic heterocycles. The van der Waals surface area contributed by atoms with Crippen LogP contribution < -0.4 is 0 Å². The summed E-state index contributed by atoms with van der Waals surface area (Å²) in [6.45, 7) is 4.77. The fourth-order valence-corrected chi connectivity index (χ4v) is 4.87. The fourth-order valence-electron chi connectivity index (χ4n) is 4.87. The Kier molecular flexibility index (Phi) is 5.75. The molecule has 1 atom stereocenters. The van der Waals surface area contributed by atoms with Crippen LogP contribution in [0.1, 0.15) is 48.2 Å². The van der Waals surface area contributed by atoms with Gasteiger partial charge >= 0.3 is 0 Å². The van der Waals surface area contributed by atoms with Crippen LogP contribution in [0.5, 0.6) is 0 Å². The lowest BCUT2D eigenvalue weighted by Crippen LogP contribution is -2.23. The Morgan fingerprint density at radius 3 is 2.50 bits per heavy atom. The summed E-state index contributed by atoms with van der Waals surface area (Å²) < 4.78 is 29.1. The zero-order chi connectivity index (χ0) is 22.1. The monoisotopic (exact) mass is 431 g/mol. The molecule has 1 aliphatic rings. The number of aryl methyl sites for hydroxylation is 1. The van der Waals surface area contributed by atoms with E-state index in [0.29, 0.717) is 0 Å². The van der Waals surface area contributed by atoms with Crippen LogP contribution in [0.25, 0.3) is 10.9 Å². The third kappa shape index (κ3) is 4.17. The Morgan fingerprint density at radius 2 is 1.75 bits per heavy atom. The van der Waals surface area contributed by atoms with Gasteiger partial charge in [0.25, 0.3) is 0 Å². The first-order chi connectivity index (χ1) is 15.6. The van der Waals surface area contributed by atoms with Crippen molar-refractivity contribution in [1.82, 2.24) is 14.5 Å². The highest BCUT2D eigenvalue weighted by Crippen LogP contribution is 2.34. The van der Waals surface area contributed by atoms with Gasteiger partial charge in [0.15, 0.2) is 0 Å². The molecule has 0 N–H and O–H groups in total. The molecule has 0 saturated carbocycles. The van der Waals surface area contributed by atoms with Crippen LogP contribution in [-0.2, 0) is 19.5 Å². The number of hydrogen-bond acceptors (Lipinski definition) is 2. The number of benzene rings is 2. The van der Waals surface area contributed by atoms with Gasteiger partial charge in [0.1, 0.15) is 11.6 Å². The maximum atomic E-state index is 13.8. The van der Waals surface area contributed by atoms with Gasteiger partial charge in [-0.05, 0) is 85.8 Å². The highest BCUT2D eigenvalue weighted by atomic mass is 19.1. The maximum absolute atomic E-state index is 13.8. The standard InChI is InChI=1S/C27H27F2N3/c1-2-31-17-21(24-11-10-23(29)15-27(24)31)18-32-13-3-4-26(32)25-12-7-20(16-30-25)14-19-5-8-22(28)9-6-19/h5-12,15-17,26H,2-4,13-14,18H2,1H3/t26-/m0/s1. The van der Waals surface area contributed by atoms with Gasteiger partial charge in [-0.2, -0.15) is 0 Å². The Balaban J connectivity index is 1.34. The van der Waals surface area contributed by atoms with Crippen molar-refractivity contribution in [2.75, 3.05) is 6.54 Å². The van der Waals surface area contributed by atoms with Gasteiger partial charge in [0.2, 0.25) is 0 Å². The van der Waals surface area contributed by atoms with Gasteiger partial charge in [-0.3, -0.25) is 9.88 Å². The smallest absolute Gasteiger partial charge is 0.125 e. The molecule has 5 heteroatoms. The zero-order valence-electron chi connectivity index (χ0n) is 18.3. The molecule has 2 aromatic heterocycles. The summed E-state index contributed by atoms with van der Waals surface area (Å²) in [4.78, 5) is 7.28. The van der Waals surface area contributed by atoms with E-state index in [1.807, 2.05) is 24.4 Å². The number of fused-ring (bicyclic) bond motifs is 1. The molecule has 0 bridgehead atoms. The van der Waals surface area contributed by atoms with E-state index in [0.717, 1.165) is 66.6 Å². The summed E-state index contributed by atoms with van der Waals surface area (Å²) in [5.74, 6) is -0.406. The van der Waals surface area contributed by atoms with Crippen molar-refractivity contribution in [1.29, 1.82) is 0 Å². The van der Waals surface area contributed by atoms with Gasteiger partial charge in [-0.1, -0.05) is 18.2 Å². The van der Waals surface area contributed by atoms with Gasteiger partial charge < -0.3 is 4.57 Å². The molecule has 3 nitrogen and oxygen atoms in total. The number of likely N-dealkylation sites (tertiary alicyclic amines) is 1. The van der Waals surface area contributed by atoms with Crippen molar-refractivity contribution < 1.29 is 8.78 Å². The second-order valence-corrected chi connectivity index (χ2v) is 8.62. The van der Waals surface area contributed by atoms with Crippen LogP contribution in [0.15, 0.2) is 67.0 Å². The van der Waals surface area contributed by atoms with E-state index in [9.17, 15) is 8.78 Å². The van der Waals surface area contributed by atoms with Crippen molar-refractivity contribution in [2.45, 2.75) is 45.3 Å². The van der Waals surface area contributed by atoms with Crippen LogP contribution in [0.2, 0.25) is 0 Å². The molecule has 0 spiro atoms. The topological polar surface area (TPSA) is 21.1 Å². The minimum Gasteiger partial charge on any atom is -0.347 e. The van der Waals surface area contributed by atoms with Crippen molar-refractivity contribution in [2.24, 2.45) is 0 Å². The summed E-state index contributed by atoms with van der Waals surface area (Å²) >= 11 is 0. The first-order valence-corrected chi connectivity index (χ1v) is 11.3. The average Bonchev–Trinajstić information content (AvgIpc) is 3.40. The molecule has 0 amide bonds. The van der Waals surface area contributed by atoms with Gasteiger partial charge in [0, 0.05) is 30.9 Å². The lowest BCUT2D eigenvalue weighted by atomic mass is 10.0. The van der Waals surface area contributed by atoms with Gasteiger partial charge in [-0.25, -0.2) is 8.78 Å². The normalized spacial score (nSPS) is 16.8. The van der Waals surface area contributed by atoms with Crippen LogP contribution in [-0.4, -0.2) is 21.0 Å². The molecular weight excluding hydrogens is 404 g/mol. The maximum Gasteiger partial charge on any atom is 0.125 e. The molecule has 5 rings (SSSR count). The summed E-state index contributed by atoms with van der Waals surface area (Å²) in [6.07, 6.45) is 7.09. The summed E-state index contributed by atoms with van der Waals surface area (Å²) in [7, 11) is 0. The van der Waals surface area contributed by atoms with Crippen molar-refractivity contribution in [3.05, 3.63) is 101 Å².